The molecule has 0 atom stereocenters. The molecule has 0 saturated carbocycles. The van der Waals surface area contributed by atoms with Crippen LogP contribution in [0.2, 0.25) is 0 Å². The molecule has 11 aromatic rings. The fourth-order valence-corrected chi connectivity index (χ4v) is 8.51. The van der Waals surface area contributed by atoms with Crippen molar-refractivity contribution in [3.63, 3.8) is 0 Å². The van der Waals surface area contributed by atoms with Crippen molar-refractivity contribution in [2.75, 3.05) is 4.90 Å². The summed E-state index contributed by atoms with van der Waals surface area (Å²) in [6.07, 6.45) is 0. The predicted molar refractivity (Wildman–Crippen MR) is 231 cm³/mol. The van der Waals surface area contributed by atoms with E-state index in [1.807, 2.05) is 12.1 Å². The van der Waals surface area contributed by atoms with Crippen molar-refractivity contribution in [1.29, 1.82) is 0 Å². The van der Waals surface area contributed by atoms with E-state index < -0.39 is 0 Å². The van der Waals surface area contributed by atoms with E-state index in [4.69, 9.17) is 4.42 Å². The fraction of sp³-hybridized carbons (Fsp3) is 0. The summed E-state index contributed by atoms with van der Waals surface area (Å²) in [5.74, 6) is 0. The van der Waals surface area contributed by atoms with E-state index in [0.29, 0.717) is 0 Å². The molecule has 0 radical (unpaired) electrons. The zero-order chi connectivity index (χ0) is 36.3. The quantitative estimate of drug-likeness (QED) is 0.172. The third kappa shape index (κ3) is 5.05. The Morgan fingerprint density at radius 2 is 0.909 bits per heavy atom. The van der Waals surface area contributed by atoms with Crippen molar-refractivity contribution in [2.45, 2.75) is 0 Å². The summed E-state index contributed by atoms with van der Waals surface area (Å²) in [7, 11) is 0. The SMILES string of the molecule is c1ccc(-c2ccc(N(c3ccc(-c4ccccc4-n4c5ccccc5c5ccccc54)cc3)c3ccc4c(c3)oc3ccccc34)c3ccccc23)cc1. The lowest BCUT2D eigenvalue weighted by atomic mass is 9.96. The minimum absolute atomic E-state index is 0.866. The average Bonchev–Trinajstić information content (AvgIpc) is 3.80. The number of hydrogen-bond acceptors (Lipinski definition) is 2. The van der Waals surface area contributed by atoms with E-state index >= 15 is 0 Å². The standard InChI is InChI=1S/C52H34N2O/c1-2-14-35(15-3-1)39-32-33-50(42-18-5-4-17-41(39)42)53(38-30-31-46-45-21-9-13-25-51(45)55-52(46)34-38)37-28-26-36(27-29-37)40-16-6-10-22-47(40)54-48-23-11-7-19-43(48)44-20-8-12-24-49(44)54/h1-34H. The summed E-state index contributed by atoms with van der Waals surface area (Å²) >= 11 is 0. The number of nitrogens with zero attached hydrogens (tertiary/aromatic N) is 2. The highest BCUT2D eigenvalue weighted by molar-refractivity contribution is 6.11. The van der Waals surface area contributed by atoms with E-state index in [0.717, 1.165) is 50.3 Å². The summed E-state index contributed by atoms with van der Waals surface area (Å²) in [6.45, 7) is 0. The van der Waals surface area contributed by atoms with E-state index in [-0.39, 0.29) is 0 Å². The summed E-state index contributed by atoms with van der Waals surface area (Å²) in [6, 6.07) is 73.9. The first-order valence-corrected chi connectivity index (χ1v) is 18.8. The maximum Gasteiger partial charge on any atom is 0.137 e. The fourth-order valence-electron chi connectivity index (χ4n) is 8.51. The average molecular weight is 703 g/mol. The van der Waals surface area contributed by atoms with Gasteiger partial charge in [0, 0.05) is 49.9 Å². The second kappa shape index (κ2) is 12.6. The van der Waals surface area contributed by atoms with Crippen LogP contribution in [0.1, 0.15) is 0 Å². The van der Waals surface area contributed by atoms with E-state index in [1.165, 1.54) is 49.3 Å². The number of para-hydroxylation sites is 4. The molecule has 0 aliphatic rings. The maximum absolute atomic E-state index is 6.44. The van der Waals surface area contributed by atoms with Gasteiger partial charge in [0.1, 0.15) is 11.2 Å². The minimum Gasteiger partial charge on any atom is -0.456 e. The summed E-state index contributed by atoms with van der Waals surface area (Å²) in [5, 5.41) is 7.13. The topological polar surface area (TPSA) is 21.3 Å². The Balaban J connectivity index is 1.09. The van der Waals surface area contributed by atoms with Crippen LogP contribution in [-0.2, 0) is 0 Å². The van der Waals surface area contributed by atoms with Crippen molar-refractivity contribution >= 4 is 71.6 Å². The van der Waals surface area contributed by atoms with Gasteiger partial charge in [0.15, 0.2) is 0 Å². The van der Waals surface area contributed by atoms with Gasteiger partial charge in [-0.2, -0.15) is 0 Å². The number of aromatic nitrogens is 1. The van der Waals surface area contributed by atoms with Crippen LogP contribution in [0.15, 0.2) is 211 Å². The molecule has 2 heterocycles. The van der Waals surface area contributed by atoms with Crippen LogP contribution >= 0.6 is 0 Å². The smallest absolute Gasteiger partial charge is 0.137 e. The Morgan fingerprint density at radius 3 is 1.67 bits per heavy atom. The highest BCUT2D eigenvalue weighted by atomic mass is 16.3. The molecule has 3 nitrogen and oxygen atoms in total. The van der Waals surface area contributed by atoms with Crippen LogP contribution < -0.4 is 4.90 Å². The maximum atomic E-state index is 6.44. The highest BCUT2D eigenvalue weighted by Crippen LogP contribution is 2.44. The normalized spacial score (nSPS) is 11.6. The molecule has 11 rings (SSSR count). The second-order valence-electron chi connectivity index (χ2n) is 14.1. The van der Waals surface area contributed by atoms with Gasteiger partial charge in [-0.1, -0.05) is 146 Å². The van der Waals surface area contributed by atoms with Crippen molar-refractivity contribution in [1.82, 2.24) is 4.57 Å². The van der Waals surface area contributed by atoms with Gasteiger partial charge in [0.25, 0.3) is 0 Å². The second-order valence-corrected chi connectivity index (χ2v) is 14.1. The largest absolute Gasteiger partial charge is 0.456 e. The molecule has 0 aliphatic heterocycles. The molecular formula is C52H34N2O. The molecule has 0 unspecified atom stereocenters. The number of rotatable bonds is 6. The number of fused-ring (bicyclic) bond motifs is 7. The molecule has 9 aromatic carbocycles. The zero-order valence-corrected chi connectivity index (χ0v) is 29.9. The molecule has 55 heavy (non-hydrogen) atoms. The first-order valence-electron chi connectivity index (χ1n) is 18.8. The lowest BCUT2D eigenvalue weighted by molar-refractivity contribution is 0.669. The Morgan fingerprint density at radius 1 is 0.345 bits per heavy atom. The number of anilines is 3. The van der Waals surface area contributed by atoms with Crippen LogP contribution in [0, 0.1) is 0 Å². The lowest BCUT2D eigenvalue weighted by Crippen LogP contribution is -2.10. The number of hydrogen-bond donors (Lipinski definition) is 0. The third-order valence-corrected chi connectivity index (χ3v) is 11.0. The summed E-state index contributed by atoms with van der Waals surface area (Å²) in [5.41, 5.74) is 13.2. The van der Waals surface area contributed by atoms with E-state index in [1.54, 1.807) is 0 Å². The van der Waals surface area contributed by atoms with Crippen LogP contribution in [0.3, 0.4) is 0 Å². The molecule has 258 valence electrons. The molecule has 0 aliphatic carbocycles. The van der Waals surface area contributed by atoms with Crippen molar-refractivity contribution in [3.05, 3.63) is 206 Å². The Hall–Kier alpha value is -7.36. The van der Waals surface area contributed by atoms with Crippen molar-refractivity contribution in [2.24, 2.45) is 0 Å². The van der Waals surface area contributed by atoms with Gasteiger partial charge in [-0.3, -0.25) is 0 Å². The number of furan rings is 1. The van der Waals surface area contributed by atoms with Crippen molar-refractivity contribution < 1.29 is 4.42 Å². The van der Waals surface area contributed by atoms with Gasteiger partial charge in [-0.05, 0) is 76.7 Å². The number of benzene rings is 9. The van der Waals surface area contributed by atoms with Gasteiger partial charge in [-0.15, -0.1) is 0 Å². The Bertz CT molecular complexity index is 3150. The predicted octanol–water partition coefficient (Wildman–Crippen LogP) is 14.6. The third-order valence-electron chi connectivity index (χ3n) is 11.0. The van der Waals surface area contributed by atoms with Gasteiger partial charge >= 0.3 is 0 Å². The molecule has 0 N–H and O–H groups in total. The molecule has 0 fully saturated rings. The highest BCUT2D eigenvalue weighted by Gasteiger charge is 2.20. The molecule has 0 saturated heterocycles. The van der Waals surface area contributed by atoms with Gasteiger partial charge in [-0.25, -0.2) is 0 Å². The monoisotopic (exact) mass is 702 g/mol. The van der Waals surface area contributed by atoms with E-state index in [2.05, 4.69) is 204 Å². The van der Waals surface area contributed by atoms with Gasteiger partial charge in [0.05, 0.1) is 22.4 Å². The molecule has 0 bridgehead atoms. The first-order chi connectivity index (χ1) is 27.3. The summed E-state index contributed by atoms with van der Waals surface area (Å²) < 4.78 is 8.84. The Kier molecular flexibility index (Phi) is 7.17. The molecule has 2 aromatic heterocycles. The molecule has 3 heteroatoms. The zero-order valence-electron chi connectivity index (χ0n) is 29.9. The Labute approximate surface area is 318 Å². The first kappa shape index (κ1) is 31.2. The lowest BCUT2D eigenvalue weighted by Gasteiger charge is -2.28. The van der Waals surface area contributed by atoms with Crippen LogP contribution in [0.5, 0.6) is 0 Å². The van der Waals surface area contributed by atoms with Crippen molar-refractivity contribution in [3.8, 4) is 27.9 Å². The molecular weight excluding hydrogens is 669 g/mol. The van der Waals surface area contributed by atoms with Crippen LogP contribution in [0.25, 0.3) is 82.5 Å². The molecule has 0 spiro atoms. The van der Waals surface area contributed by atoms with Crippen LogP contribution in [0.4, 0.5) is 17.1 Å². The minimum atomic E-state index is 0.866. The van der Waals surface area contributed by atoms with E-state index in [9.17, 15) is 0 Å². The summed E-state index contributed by atoms with van der Waals surface area (Å²) in [4.78, 5) is 2.37. The van der Waals surface area contributed by atoms with Gasteiger partial charge < -0.3 is 13.9 Å². The molecule has 0 amide bonds. The van der Waals surface area contributed by atoms with Crippen LogP contribution in [-0.4, -0.2) is 4.57 Å². The van der Waals surface area contributed by atoms with Gasteiger partial charge in [0.2, 0.25) is 0 Å².